The molecule has 0 aromatic heterocycles. The Bertz CT molecular complexity index is 397. The van der Waals surface area contributed by atoms with Crippen molar-refractivity contribution in [1.29, 1.82) is 0 Å². The van der Waals surface area contributed by atoms with Crippen LogP contribution >= 0.6 is 0 Å². The number of fused-ring (bicyclic) bond motifs is 1. The molecule has 3 fully saturated rings. The Balaban J connectivity index is 1.53. The molecule has 2 atom stereocenters. The third-order valence-electron chi connectivity index (χ3n) is 4.55. The van der Waals surface area contributed by atoms with E-state index in [1.807, 2.05) is 0 Å². The van der Waals surface area contributed by atoms with Gasteiger partial charge in [0, 0.05) is 26.2 Å². The molecule has 2 N–H and O–H groups in total. The molecule has 6 nitrogen and oxygen atoms in total. The zero-order valence-electron chi connectivity index (χ0n) is 11.6. The van der Waals surface area contributed by atoms with Crippen molar-refractivity contribution < 1.29 is 9.59 Å². The van der Waals surface area contributed by atoms with Gasteiger partial charge in [0.25, 0.3) is 5.91 Å². The van der Waals surface area contributed by atoms with Crippen LogP contribution in [0.15, 0.2) is 0 Å². The smallest absolute Gasteiger partial charge is 0.324 e. The van der Waals surface area contributed by atoms with Gasteiger partial charge in [-0.3, -0.25) is 9.69 Å². The average Bonchev–Trinajstić information content (AvgIpc) is 2.92. The summed E-state index contributed by atoms with van der Waals surface area (Å²) in [6.45, 7) is 9.19. The minimum absolute atomic E-state index is 0.112. The van der Waals surface area contributed by atoms with Crippen molar-refractivity contribution in [3.8, 4) is 0 Å². The highest BCUT2D eigenvalue weighted by atomic mass is 16.2. The van der Waals surface area contributed by atoms with Crippen LogP contribution in [0.2, 0.25) is 0 Å². The summed E-state index contributed by atoms with van der Waals surface area (Å²) >= 11 is 0. The van der Waals surface area contributed by atoms with E-state index in [-0.39, 0.29) is 11.9 Å². The molecule has 0 aromatic rings. The molecular weight excluding hydrogens is 244 g/mol. The predicted octanol–water partition coefficient (Wildman–Crippen LogP) is -0.532. The maximum atomic E-state index is 12.1. The van der Waals surface area contributed by atoms with Gasteiger partial charge < -0.3 is 15.5 Å². The van der Waals surface area contributed by atoms with Crippen molar-refractivity contribution in [2.45, 2.75) is 19.4 Å². The summed E-state index contributed by atoms with van der Waals surface area (Å²) in [6, 6.07) is -0.254. The van der Waals surface area contributed by atoms with Crippen LogP contribution in [0.25, 0.3) is 0 Å². The summed E-state index contributed by atoms with van der Waals surface area (Å²) in [5.74, 6) is 1.39. The Kier molecular flexibility index (Phi) is 3.02. The monoisotopic (exact) mass is 266 g/mol. The first kappa shape index (κ1) is 12.9. The minimum atomic E-state index is -0.747. The van der Waals surface area contributed by atoms with E-state index in [0.717, 1.165) is 44.6 Å². The summed E-state index contributed by atoms with van der Waals surface area (Å²) in [4.78, 5) is 27.5. The zero-order valence-corrected chi connectivity index (χ0v) is 11.6. The van der Waals surface area contributed by atoms with Crippen molar-refractivity contribution in [3.63, 3.8) is 0 Å². The van der Waals surface area contributed by atoms with Crippen LogP contribution in [0.5, 0.6) is 0 Å². The molecule has 0 radical (unpaired) electrons. The van der Waals surface area contributed by atoms with Gasteiger partial charge in [0.1, 0.15) is 5.54 Å². The number of carbonyl (C=O) groups is 2. The van der Waals surface area contributed by atoms with E-state index in [1.165, 1.54) is 4.90 Å². The molecule has 0 unspecified atom stereocenters. The third kappa shape index (κ3) is 2.23. The first-order valence-electron chi connectivity index (χ1n) is 7.04. The van der Waals surface area contributed by atoms with Gasteiger partial charge in [-0.25, -0.2) is 4.79 Å². The van der Waals surface area contributed by atoms with E-state index in [0.29, 0.717) is 6.54 Å². The van der Waals surface area contributed by atoms with Crippen LogP contribution in [0.4, 0.5) is 4.79 Å². The highest BCUT2D eigenvalue weighted by molar-refractivity contribution is 6.06. The number of urea groups is 1. The Labute approximate surface area is 113 Å². The van der Waals surface area contributed by atoms with Crippen molar-refractivity contribution in [2.75, 3.05) is 39.3 Å². The normalized spacial score (nSPS) is 33.9. The summed E-state index contributed by atoms with van der Waals surface area (Å²) in [5, 5.41) is 6.13. The van der Waals surface area contributed by atoms with Crippen LogP contribution < -0.4 is 10.6 Å². The highest BCUT2D eigenvalue weighted by Crippen LogP contribution is 2.26. The van der Waals surface area contributed by atoms with Crippen molar-refractivity contribution >= 4 is 11.9 Å². The number of nitrogens with zero attached hydrogens (tertiary/aromatic N) is 2. The molecule has 3 heterocycles. The van der Waals surface area contributed by atoms with Crippen LogP contribution in [-0.2, 0) is 4.79 Å². The summed E-state index contributed by atoms with van der Waals surface area (Å²) in [6.07, 6.45) is 0. The molecule has 0 aliphatic carbocycles. The molecule has 3 aliphatic rings. The molecule has 19 heavy (non-hydrogen) atoms. The number of carbonyl (C=O) groups excluding carboxylic acids is 2. The number of hydrogen-bond acceptors (Lipinski definition) is 4. The highest BCUT2D eigenvalue weighted by Gasteiger charge is 2.44. The number of nitrogens with one attached hydrogen (secondary N) is 2. The standard InChI is InChI=1S/C13H22N4O2/c1-13(2)11(18)17(12(19)15-13)4-3-16-7-9-5-14-6-10(9)8-16/h9-10,14H,3-8H2,1-2H3,(H,15,19)/t9-,10+. The molecule has 3 saturated heterocycles. The van der Waals surface area contributed by atoms with Crippen LogP contribution in [-0.4, -0.2) is 66.5 Å². The second-order valence-electron chi connectivity index (χ2n) is 6.45. The molecule has 3 amide bonds. The Morgan fingerprint density at radius 1 is 1.16 bits per heavy atom. The fourth-order valence-corrected chi connectivity index (χ4v) is 3.40. The number of likely N-dealkylation sites (tertiary alicyclic amines) is 1. The van der Waals surface area contributed by atoms with E-state index in [1.54, 1.807) is 13.8 Å². The van der Waals surface area contributed by atoms with E-state index < -0.39 is 5.54 Å². The Morgan fingerprint density at radius 3 is 2.32 bits per heavy atom. The molecule has 3 rings (SSSR count). The molecule has 0 spiro atoms. The van der Waals surface area contributed by atoms with Crippen LogP contribution in [0, 0.1) is 11.8 Å². The fourth-order valence-electron chi connectivity index (χ4n) is 3.40. The van der Waals surface area contributed by atoms with E-state index in [2.05, 4.69) is 15.5 Å². The number of imide groups is 1. The SMILES string of the molecule is CC1(C)NC(=O)N(CCN2C[C@H]3CNC[C@H]3C2)C1=O. The summed E-state index contributed by atoms with van der Waals surface area (Å²) in [7, 11) is 0. The van der Waals surface area contributed by atoms with Crippen LogP contribution in [0.3, 0.4) is 0 Å². The van der Waals surface area contributed by atoms with Gasteiger partial charge >= 0.3 is 6.03 Å². The number of hydrogen-bond donors (Lipinski definition) is 2. The van der Waals surface area contributed by atoms with E-state index in [4.69, 9.17) is 0 Å². The number of rotatable bonds is 3. The first-order chi connectivity index (χ1) is 8.97. The lowest BCUT2D eigenvalue weighted by Crippen LogP contribution is -2.42. The zero-order chi connectivity index (χ0) is 13.6. The second-order valence-corrected chi connectivity index (χ2v) is 6.45. The molecule has 6 heteroatoms. The lowest BCUT2D eigenvalue weighted by atomic mass is 10.0. The lowest BCUT2D eigenvalue weighted by Gasteiger charge is -2.21. The van der Waals surface area contributed by atoms with Gasteiger partial charge in [-0.2, -0.15) is 0 Å². The quantitative estimate of drug-likeness (QED) is 0.674. The van der Waals surface area contributed by atoms with Gasteiger partial charge in [0.05, 0.1) is 0 Å². The van der Waals surface area contributed by atoms with Gasteiger partial charge in [-0.05, 0) is 38.8 Å². The molecular formula is C13H22N4O2. The topological polar surface area (TPSA) is 64.7 Å². The van der Waals surface area contributed by atoms with E-state index >= 15 is 0 Å². The summed E-state index contributed by atoms with van der Waals surface area (Å²) in [5.41, 5.74) is -0.747. The second kappa shape index (κ2) is 4.45. The summed E-state index contributed by atoms with van der Waals surface area (Å²) < 4.78 is 0. The minimum Gasteiger partial charge on any atom is -0.324 e. The van der Waals surface area contributed by atoms with Gasteiger partial charge in [-0.15, -0.1) is 0 Å². The third-order valence-corrected chi connectivity index (χ3v) is 4.55. The van der Waals surface area contributed by atoms with Crippen LogP contribution in [0.1, 0.15) is 13.8 Å². The maximum absolute atomic E-state index is 12.1. The molecule has 106 valence electrons. The molecule has 0 saturated carbocycles. The lowest BCUT2D eigenvalue weighted by molar-refractivity contribution is -0.130. The molecule has 0 aromatic carbocycles. The van der Waals surface area contributed by atoms with Crippen molar-refractivity contribution in [2.24, 2.45) is 11.8 Å². The Morgan fingerprint density at radius 2 is 1.79 bits per heavy atom. The first-order valence-corrected chi connectivity index (χ1v) is 7.04. The predicted molar refractivity (Wildman–Crippen MR) is 70.6 cm³/mol. The van der Waals surface area contributed by atoms with Crippen molar-refractivity contribution in [3.05, 3.63) is 0 Å². The van der Waals surface area contributed by atoms with Crippen molar-refractivity contribution in [1.82, 2.24) is 20.4 Å². The van der Waals surface area contributed by atoms with Gasteiger partial charge in [0.2, 0.25) is 0 Å². The fraction of sp³-hybridized carbons (Fsp3) is 0.846. The largest absolute Gasteiger partial charge is 0.325 e. The molecule has 0 bridgehead atoms. The average molecular weight is 266 g/mol. The Hall–Kier alpha value is -1.14. The molecule has 3 aliphatic heterocycles. The van der Waals surface area contributed by atoms with Gasteiger partial charge in [-0.1, -0.05) is 0 Å². The maximum Gasteiger partial charge on any atom is 0.325 e. The van der Waals surface area contributed by atoms with E-state index in [9.17, 15) is 9.59 Å². The number of amides is 3. The van der Waals surface area contributed by atoms with Gasteiger partial charge in [0.15, 0.2) is 0 Å².